The van der Waals surface area contributed by atoms with E-state index in [0.29, 0.717) is 0 Å². The minimum Gasteiger partial charge on any atom is -0.481 e. The van der Waals surface area contributed by atoms with Crippen molar-refractivity contribution in [1.29, 1.82) is 0 Å². The lowest BCUT2D eigenvalue weighted by Crippen LogP contribution is -2.46. The maximum absolute atomic E-state index is 9.90. The van der Waals surface area contributed by atoms with E-state index in [4.69, 9.17) is 45.3 Å². The second-order valence-electron chi connectivity index (χ2n) is 3.43. The predicted octanol–water partition coefficient (Wildman–Crippen LogP) is -3.08. The first-order valence-electron chi connectivity index (χ1n) is 6.09. The molecule has 0 fully saturated rings. The molecule has 0 aromatic carbocycles. The molecule has 134 valence electrons. The monoisotopic (exact) mass is 330 g/mol. The summed E-state index contributed by atoms with van der Waals surface area (Å²) in [6.45, 7) is 3.70. The van der Waals surface area contributed by atoms with Crippen molar-refractivity contribution < 1.29 is 50.1 Å². The maximum Gasteiger partial charge on any atom is 0.300 e. The maximum atomic E-state index is 9.90. The molecule has 0 aliphatic heterocycles. The quantitative estimate of drug-likeness (QED) is 0.254. The second kappa shape index (κ2) is 21.9. The average molecular weight is 330 g/mol. The van der Waals surface area contributed by atoms with Gasteiger partial charge in [0.15, 0.2) is 6.29 Å². The summed E-state index contributed by atoms with van der Waals surface area (Å²) >= 11 is 0. The van der Waals surface area contributed by atoms with Gasteiger partial charge in [0.1, 0.15) is 30.7 Å². The molecule has 0 aliphatic rings. The molecular weight excluding hydrogens is 304 g/mol. The van der Waals surface area contributed by atoms with Crippen LogP contribution in [0.1, 0.15) is 20.8 Å². The van der Waals surface area contributed by atoms with Gasteiger partial charge in [-0.05, 0) is 13.8 Å². The molecule has 0 rings (SSSR count). The predicted molar refractivity (Wildman–Crippen MR) is 75.0 cm³/mol. The third kappa shape index (κ3) is 27.0. The highest BCUT2D eigenvalue weighted by molar-refractivity contribution is 5.62. The van der Waals surface area contributed by atoms with E-state index in [1.165, 1.54) is 6.92 Å². The van der Waals surface area contributed by atoms with Crippen LogP contribution < -0.4 is 0 Å². The van der Waals surface area contributed by atoms with Gasteiger partial charge in [-0.15, -0.1) is 0 Å². The summed E-state index contributed by atoms with van der Waals surface area (Å²) in [4.78, 5) is 27.7. The van der Waals surface area contributed by atoms with Gasteiger partial charge in [-0.1, -0.05) is 0 Å². The third-order valence-corrected chi connectivity index (χ3v) is 1.42. The van der Waals surface area contributed by atoms with Gasteiger partial charge in [-0.25, -0.2) is 0 Å². The highest BCUT2D eigenvalue weighted by Crippen LogP contribution is 2.02. The molecule has 0 aromatic heterocycles. The molecule has 0 bridgehead atoms. The largest absolute Gasteiger partial charge is 0.481 e. The van der Waals surface area contributed by atoms with E-state index < -0.39 is 37.0 Å². The highest BCUT2D eigenvalue weighted by atomic mass is 16.4. The second-order valence-corrected chi connectivity index (χ2v) is 3.43. The van der Waals surface area contributed by atoms with Crippen LogP contribution >= 0.6 is 0 Å². The molecule has 0 saturated carbocycles. The Bertz CT molecular complexity index is 254. The molecule has 4 unspecified atom stereocenters. The Morgan fingerprint density at radius 1 is 1.05 bits per heavy atom. The number of carbonyl (C=O) groups excluding carboxylic acids is 2. The van der Waals surface area contributed by atoms with Crippen LogP contribution in [0.25, 0.3) is 0 Å². The number of aliphatic hydroxyl groups is 6. The SMILES string of the molecule is CC(=O)O.CC=O.CCO.O=CC(O)C(O)C(O)C(O)CO. The zero-order valence-electron chi connectivity index (χ0n) is 12.7. The van der Waals surface area contributed by atoms with Crippen molar-refractivity contribution in [2.24, 2.45) is 0 Å². The minimum atomic E-state index is -1.79. The van der Waals surface area contributed by atoms with E-state index in [1.807, 2.05) is 0 Å². The van der Waals surface area contributed by atoms with Gasteiger partial charge in [-0.2, -0.15) is 0 Å². The van der Waals surface area contributed by atoms with Crippen LogP contribution in [0.4, 0.5) is 0 Å². The number of hydrogen-bond donors (Lipinski definition) is 7. The molecule has 0 amide bonds. The molecule has 0 aliphatic carbocycles. The van der Waals surface area contributed by atoms with Crippen LogP contribution in [-0.4, -0.2) is 91.9 Å². The van der Waals surface area contributed by atoms with Gasteiger partial charge in [0.2, 0.25) is 0 Å². The summed E-state index contributed by atoms with van der Waals surface area (Å²) in [6.07, 6.45) is -6.09. The van der Waals surface area contributed by atoms with Gasteiger partial charge in [0.05, 0.1) is 6.61 Å². The molecule has 0 spiro atoms. The molecule has 10 nitrogen and oxygen atoms in total. The van der Waals surface area contributed by atoms with Crippen molar-refractivity contribution in [3.05, 3.63) is 0 Å². The number of aliphatic hydroxyl groups excluding tert-OH is 6. The molecule has 4 atom stereocenters. The lowest BCUT2D eigenvalue weighted by Gasteiger charge is -2.22. The van der Waals surface area contributed by atoms with Gasteiger partial charge >= 0.3 is 0 Å². The Balaban J connectivity index is -0.000000133. The van der Waals surface area contributed by atoms with E-state index in [0.717, 1.165) is 13.2 Å². The molecule has 7 N–H and O–H groups in total. The number of carbonyl (C=O) groups is 3. The topological polar surface area (TPSA) is 193 Å². The van der Waals surface area contributed by atoms with Gasteiger partial charge in [-0.3, -0.25) is 4.79 Å². The summed E-state index contributed by atoms with van der Waals surface area (Å²) in [7, 11) is 0. The zero-order chi connectivity index (χ0) is 18.7. The first-order chi connectivity index (χ1) is 10.1. The third-order valence-electron chi connectivity index (χ3n) is 1.42. The number of aliphatic carboxylic acids is 1. The molecule has 0 aromatic rings. The summed E-state index contributed by atoms with van der Waals surface area (Å²) < 4.78 is 0. The van der Waals surface area contributed by atoms with Crippen LogP contribution in [-0.2, 0) is 14.4 Å². The average Bonchev–Trinajstić information content (AvgIpc) is 2.45. The summed E-state index contributed by atoms with van der Waals surface area (Å²) in [6, 6.07) is 0. The van der Waals surface area contributed by atoms with Crippen molar-refractivity contribution >= 4 is 18.5 Å². The normalized spacial score (nSPS) is 14.0. The number of aldehydes is 2. The summed E-state index contributed by atoms with van der Waals surface area (Å²) in [5.41, 5.74) is 0. The van der Waals surface area contributed by atoms with Crippen LogP contribution in [0.2, 0.25) is 0 Å². The Labute approximate surface area is 128 Å². The first-order valence-corrected chi connectivity index (χ1v) is 6.09. The summed E-state index contributed by atoms with van der Waals surface area (Å²) in [5.74, 6) is -0.833. The Morgan fingerprint density at radius 3 is 1.50 bits per heavy atom. The van der Waals surface area contributed by atoms with Crippen molar-refractivity contribution in [3.63, 3.8) is 0 Å². The molecule has 10 heteroatoms. The fraction of sp³-hybridized carbons (Fsp3) is 0.750. The molecular formula is C12H26O10. The van der Waals surface area contributed by atoms with Gasteiger partial charge in [0, 0.05) is 13.5 Å². The van der Waals surface area contributed by atoms with Crippen LogP contribution in [0.3, 0.4) is 0 Å². The molecule has 22 heavy (non-hydrogen) atoms. The fourth-order valence-electron chi connectivity index (χ4n) is 0.618. The standard InChI is InChI=1S/C6H12O6.C2H4O2.C2H6O.C2H4O/c7-1-3(9)5(11)6(12)4(10)2-8;1-2(3)4;2*1-2-3/h1,3-6,8-12H,2H2;1H3,(H,3,4);3H,2H2,1H3;2H,1H3. The Morgan fingerprint density at radius 2 is 1.32 bits per heavy atom. The number of carboxylic acids is 1. The molecule has 0 saturated heterocycles. The van der Waals surface area contributed by atoms with E-state index in [-0.39, 0.29) is 12.9 Å². The smallest absolute Gasteiger partial charge is 0.300 e. The zero-order valence-corrected chi connectivity index (χ0v) is 12.7. The van der Waals surface area contributed by atoms with Crippen molar-refractivity contribution in [1.82, 2.24) is 0 Å². The van der Waals surface area contributed by atoms with E-state index in [9.17, 15) is 4.79 Å². The summed E-state index contributed by atoms with van der Waals surface area (Å²) in [5, 5.41) is 58.5. The van der Waals surface area contributed by atoms with Gasteiger partial charge < -0.3 is 45.3 Å². The molecule has 0 heterocycles. The number of hydrogen-bond acceptors (Lipinski definition) is 9. The van der Waals surface area contributed by atoms with Crippen LogP contribution in [0.15, 0.2) is 0 Å². The number of rotatable bonds is 5. The fourth-order valence-corrected chi connectivity index (χ4v) is 0.618. The Kier molecular flexibility index (Phi) is 28.5. The lowest BCUT2D eigenvalue weighted by atomic mass is 10.0. The van der Waals surface area contributed by atoms with E-state index >= 15 is 0 Å². The van der Waals surface area contributed by atoms with Crippen molar-refractivity contribution in [2.75, 3.05) is 13.2 Å². The highest BCUT2D eigenvalue weighted by Gasteiger charge is 2.29. The van der Waals surface area contributed by atoms with Crippen molar-refractivity contribution in [3.8, 4) is 0 Å². The van der Waals surface area contributed by atoms with E-state index in [1.54, 1.807) is 6.92 Å². The van der Waals surface area contributed by atoms with E-state index in [2.05, 4.69) is 0 Å². The minimum absolute atomic E-state index is 0.0258. The van der Waals surface area contributed by atoms with Gasteiger partial charge in [0.25, 0.3) is 5.97 Å². The Hall–Kier alpha value is -1.43. The number of carboxylic acid groups (broad SMARTS) is 1. The van der Waals surface area contributed by atoms with Crippen LogP contribution in [0.5, 0.6) is 0 Å². The van der Waals surface area contributed by atoms with Crippen molar-refractivity contribution in [2.45, 2.75) is 45.2 Å². The first kappa shape index (κ1) is 28.7. The molecule has 0 radical (unpaired) electrons. The lowest BCUT2D eigenvalue weighted by molar-refractivity contribution is -0.136. The van der Waals surface area contributed by atoms with Crippen LogP contribution in [0, 0.1) is 0 Å².